The van der Waals surface area contributed by atoms with Crippen LogP contribution in [0.15, 0.2) is 18.2 Å². The summed E-state index contributed by atoms with van der Waals surface area (Å²) in [6.45, 7) is 5.74. The maximum atomic E-state index is 5.99. The maximum absolute atomic E-state index is 5.99. The van der Waals surface area contributed by atoms with Crippen molar-refractivity contribution >= 4 is 0 Å². The van der Waals surface area contributed by atoms with Gasteiger partial charge in [0.25, 0.3) is 0 Å². The molecule has 23 heavy (non-hydrogen) atoms. The Morgan fingerprint density at radius 1 is 1.35 bits per heavy atom. The minimum absolute atomic E-state index is 0.0623. The molecule has 2 heterocycles. The predicted octanol–water partition coefficient (Wildman–Crippen LogP) is 2.52. The number of benzene rings is 1. The van der Waals surface area contributed by atoms with Crippen molar-refractivity contribution in [2.45, 2.75) is 44.4 Å². The molecule has 0 bridgehead atoms. The molecular weight excluding hydrogens is 294 g/mol. The molecule has 2 fully saturated rings. The molecule has 1 aromatic carbocycles. The van der Waals surface area contributed by atoms with Crippen molar-refractivity contribution < 1.29 is 18.9 Å². The van der Waals surface area contributed by atoms with E-state index in [1.165, 1.54) is 0 Å². The van der Waals surface area contributed by atoms with Crippen molar-refractivity contribution in [1.29, 1.82) is 0 Å². The van der Waals surface area contributed by atoms with Crippen LogP contribution in [0, 0.1) is 0 Å². The number of rotatable bonds is 6. The third kappa shape index (κ3) is 3.79. The Hall–Kier alpha value is -1.30. The molecule has 128 valence electrons. The highest BCUT2D eigenvalue weighted by molar-refractivity contribution is 5.46. The van der Waals surface area contributed by atoms with Crippen LogP contribution in [0.2, 0.25) is 0 Å². The molecule has 0 amide bonds. The Morgan fingerprint density at radius 2 is 2.26 bits per heavy atom. The fourth-order valence-electron chi connectivity index (χ4n) is 3.52. The van der Waals surface area contributed by atoms with E-state index in [1.807, 2.05) is 19.1 Å². The Labute approximate surface area is 138 Å². The van der Waals surface area contributed by atoms with Crippen LogP contribution in [0.3, 0.4) is 0 Å². The van der Waals surface area contributed by atoms with Crippen molar-refractivity contribution in [2.24, 2.45) is 0 Å². The van der Waals surface area contributed by atoms with Gasteiger partial charge in [0.15, 0.2) is 11.5 Å². The van der Waals surface area contributed by atoms with Gasteiger partial charge in [-0.15, -0.1) is 0 Å². The van der Waals surface area contributed by atoms with Gasteiger partial charge in [-0.2, -0.15) is 0 Å². The highest BCUT2D eigenvalue weighted by atomic mass is 16.6. The first kappa shape index (κ1) is 16.6. The Balaban J connectivity index is 1.62. The van der Waals surface area contributed by atoms with Crippen LogP contribution in [-0.4, -0.2) is 45.2 Å². The molecule has 2 aliphatic rings. The molecule has 0 unspecified atom stereocenters. The van der Waals surface area contributed by atoms with Crippen molar-refractivity contribution in [3.8, 4) is 11.5 Å². The second-order valence-electron chi connectivity index (χ2n) is 6.29. The number of para-hydroxylation sites is 1. The third-order valence-electron chi connectivity index (χ3n) is 4.71. The minimum atomic E-state index is -0.0623. The number of nitrogens with one attached hydrogen (secondary N) is 1. The normalized spacial score (nSPS) is 27.3. The molecule has 1 N–H and O–H groups in total. The maximum Gasteiger partial charge on any atom is 0.165 e. The molecule has 0 aromatic heterocycles. The van der Waals surface area contributed by atoms with Crippen molar-refractivity contribution in [1.82, 2.24) is 5.32 Å². The lowest BCUT2D eigenvalue weighted by Gasteiger charge is -2.37. The van der Waals surface area contributed by atoms with Gasteiger partial charge in [-0.25, -0.2) is 0 Å². The SMILES string of the molecule is CCOc1cccc(CN[C@@H]2CCO[C@]3(CCOC3)C2)c1OC. The molecule has 5 nitrogen and oxygen atoms in total. The number of methoxy groups -OCH3 is 1. The first-order valence-corrected chi connectivity index (χ1v) is 8.50. The van der Waals surface area contributed by atoms with Crippen LogP contribution in [0.1, 0.15) is 31.7 Å². The first-order valence-electron chi connectivity index (χ1n) is 8.50. The molecule has 3 rings (SSSR count). The Bertz CT molecular complexity index is 514. The highest BCUT2D eigenvalue weighted by Gasteiger charge is 2.40. The van der Waals surface area contributed by atoms with E-state index in [-0.39, 0.29) is 5.60 Å². The third-order valence-corrected chi connectivity index (χ3v) is 4.71. The number of hydrogen-bond donors (Lipinski definition) is 1. The average Bonchev–Trinajstić information content (AvgIpc) is 3.01. The molecule has 2 saturated heterocycles. The van der Waals surface area contributed by atoms with Gasteiger partial charge >= 0.3 is 0 Å². The summed E-state index contributed by atoms with van der Waals surface area (Å²) >= 11 is 0. The number of hydrogen-bond acceptors (Lipinski definition) is 5. The summed E-state index contributed by atoms with van der Waals surface area (Å²) in [6.07, 6.45) is 3.06. The van der Waals surface area contributed by atoms with Gasteiger partial charge in [0.2, 0.25) is 0 Å². The molecule has 5 heteroatoms. The van der Waals surface area contributed by atoms with Gasteiger partial charge in [-0.1, -0.05) is 12.1 Å². The monoisotopic (exact) mass is 321 g/mol. The molecular formula is C18H27NO4. The van der Waals surface area contributed by atoms with Gasteiger partial charge in [0.05, 0.1) is 25.9 Å². The lowest BCUT2D eigenvalue weighted by molar-refractivity contribution is -0.0894. The molecule has 0 radical (unpaired) electrons. The van der Waals surface area contributed by atoms with Crippen LogP contribution in [0.4, 0.5) is 0 Å². The van der Waals surface area contributed by atoms with Crippen LogP contribution in [0.25, 0.3) is 0 Å². The minimum Gasteiger partial charge on any atom is -0.493 e. The summed E-state index contributed by atoms with van der Waals surface area (Å²) in [5, 5.41) is 3.66. The van der Waals surface area contributed by atoms with E-state index in [9.17, 15) is 0 Å². The zero-order valence-electron chi connectivity index (χ0n) is 14.1. The largest absolute Gasteiger partial charge is 0.493 e. The predicted molar refractivity (Wildman–Crippen MR) is 88.1 cm³/mol. The van der Waals surface area contributed by atoms with E-state index in [0.29, 0.717) is 12.6 Å². The second-order valence-corrected chi connectivity index (χ2v) is 6.29. The van der Waals surface area contributed by atoms with Crippen molar-refractivity contribution in [3.05, 3.63) is 23.8 Å². The fraction of sp³-hybridized carbons (Fsp3) is 0.667. The van der Waals surface area contributed by atoms with Crippen LogP contribution < -0.4 is 14.8 Å². The summed E-state index contributed by atoms with van der Waals surface area (Å²) in [6, 6.07) is 6.50. The smallest absolute Gasteiger partial charge is 0.165 e. The van der Waals surface area contributed by atoms with E-state index in [1.54, 1.807) is 7.11 Å². The summed E-state index contributed by atoms with van der Waals surface area (Å²) in [5.41, 5.74) is 1.06. The van der Waals surface area contributed by atoms with Crippen LogP contribution in [0.5, 0.6) is 11.5 Å². The molecule has 1 spiro atoms. The average molecular weight is 321 g/mol. The molecule has 0 aliphatic carbocycles. The Kier molecular flexibility index (Phi) is 5.41. The summed E-state index contributed by atoms with van der Waals surface area (Å²) in [5.74, 6) is 1.63. The quantitative estimate of drug-likeness (QED) is 0.872. The zero-order valence-corrected chi connectivity index (χ0v) is 14.1. The van der Waals surface area contributed by atoms with Crippen molar-refractivity contribution in [2.75, 3.05) is 33.5 Å². The molecule has 0 saturated carbocycles. The van der Waals surface area contributed by atoms with Gasteiger partial charge in [-0.05, 0) is 25.8 Å². The summed E-state index contributed by atoms with van der Waals surface area (Å²) in [4.78, 5) is 0. The topological polar surface area (TPSA) is 49.0 Å². The van der Waals surface area contributed by atoms with Gasteiger partial charge in [-0.3, -0.25) is 0 Å². The van der Waals surface area contributed by atoms with E-state index in [2.05, 4.69) is 11.4 Å². The highest BCUT2D eigenvalue weighted by Crippen LogP contribution is 2.34. The fourth-order valence-corrected chi connectivity index (χ4v) is 3.52. The standard InChI is InChI=1S/C18H27NO4/c1-3-22-16-6-4-5-14(17(16)20-2)12-19-15-7-9-23-18(11-15)8-10-21-13-18/h4-6,15,19H,3,7-13H2,1-2H3/t15-,18-/m1/s1. The lowest BCUT2D eigenvalue weighted by atomic mass is 9.89. The van der Waals surface area contributed by atoms with Crippen LogP contribution >= 0.6 is 0 Å². The van der Waals surface area contributed by atoms with E-state index < -0.39 is 0 Å². The van der Waals surface area contributed by atoms with E-state index >= 15 is 0 Å². The first-order chi connectivity index (χ1) is 11.3. The summed E-state index contributed by atoms with van der Waals surface area (Å²) in [7, 11) is 1.70. The van der Waals surface area contributed by atoms with E-state index in [0.717, 1.165) is 62.7 Å². The second kappa shape index (κ2) is 7.51. The van der Waals surface area contributed by atoms with Gasteiger partial charge < -0.3 is 24.3 Å². The lowest BCUT2D eigenvalue weighted by Crippen LogP contribution is -2.47. The van der Waals surface area contributed by atoms with Crippen LogP contribution in [-0.2, 0) is 16.0 Å². The zero-order chi connectivity index (χ0) is 16.1. The van der Waals surface area contributed by atoms with Gasteiger partial charge in [0, 0.05) is 37.8 Å². The number of ether oxygens (including phenoxy) is 4. The molecule has 1 aromatic rings. The van der Waals surface area contributed by atoms with Crippen molar-refractivity contribution in [3.63, 3.8) is 0 Å². The molecule has 2 aliphatic heterocycles. The van der Waals surface area contributed by atoms with E-state index in [4.69, 9.17) is 18.9 Å². The van der Waals surface area contributed by atoms with Gasteiger partial charge in [0.1, 0.15) is 0 Å². The Morgan fingerprint density at radius 3 is 3.00 bits per heavy atom. The summed E-state index contributed by atoms with van der Waals surface area (Å²) < 4.78 is 22.7. The molecule has 2 atom stereocenters.